The molecule has 1 unspecified atom stereocenters. The number of fused-ring (bicyclic) bond motifs is 1. The van der Waals surface area contributed by atoms with E-state index >= 15 is 0 Å². The van der Waals surface area contributed by atoms with Gasteiger partial charge in [-0.2, -0.15) is 5.10 Å². The van der Waals surface area contributed by atoms with Crippen molar-refractivity contribution in [2.45, 2.75) is 32.4 Å². The van der Waals surface area contributed by atoms with E-state index in [1.54, 1.807) is 6.20 Å². The third kappa shape index (κ3) is 5.79. The summed E-state index contributed by atoms with van der Waals surface area (Å²) in [7, 11) is 5.94. The number of rotatable bonds is 5. The molecular weight excluding hydrogens is 492 g/mol. The lowest BCUT2D eigenvalue weighted by molar-refractivity contribution is 0.0636. The molecule has 2 aromatic carbocycles. The zero-order valence-corrected chi connectivity index (χ0v) is 23.1. The molecule has 0 saturated heterocycles. The molecule has 0 saturated carbocycles. The number of benzene rings is 2. The van der Waals surface area contributed by atoms with E-state index in [9.17, 15) is 4.79 Å². The van der Waals surface area contributed by atoms with Crippen LogP contribution in [-0.2, 0) is 11.8 Å². The van der Waals surface area contributed by atoms with Gasteiger partial charge in [-0.15, -0.1) is 0 Å². The molecule has 0 bridgehead atoms. The Balaban J connectivity index is 1.37. The molecule has 2 N–H and O–H groups in total. The number of carbonyl (C=O) groups excluding carboxylic acids is 1. The van der Waals surface area contributed by atoms with E-state index in [1.807, 2.05) is 95.4 Å². The van der Waals surface area contributed by atoms with Gasteiger partial charge < -0.3 is 19.9 Å². The molecule has 0 radical (unpaired) electrons. The summed E-state index contributed by atoms with van der Waals surface area (Å²) in [4.78, 5) is 26.0. The Kier molecular flexibility index (Phi) is 6.86. The number of anilines is 3. The number of aryl methyl sites for hydroxylation is 1. The zero-order chi connectivity index (χ0) is 27.7. The summed E-state index contributed by atoms with van der Waals surface area (Å²) in [5.41, 5.74) is 4.85. The standard InChI is InChI=1S/C29H34N8O2/c1-29(2,3)39-28(38)33-20-10-7-9-19(15-20)25-23(18-36(6)34-25)24-17-31-27-26(30-13-14-37(24)27)32-21-11-8-12-22(16-21)35(4)5/h7-16,18,24H,17H2,1-6H3,(H,30,32)(H,33,38). The maximum Gasteiger partial charge on any atom is 0.412 e. The Hall–Kier alpha value is -4.60. The van der Waals surface area contributed by atoms with Crippen LogP contribution in [0.15, 0.2) is 77.1 Å². The van der Waals surface area contributed by atoms with E-state index in [2.05, 4.69) is 37.6 Å². The van der Waals surface area contributed by atoms with Crippen molar-refractivity contribution in [3.8, 4) is 11.3 Å². The van der Waals surface area contributed by atoms with Gasteiger partial charge in [-0.1, -0.05) is 18.2 Å². The fourth-order valence-corrected chi connectivity index (χ4v) is 4.57. The number of ether oxygens (including phenoxy) is 1. The molecular formula is C29H34N8O2. The van der Waals surface area contributed by atoms with Crippen molar-refractivity contribution in [3.05, 3.63) is 72.7 Å². The van der Waals surface area contributed by atoms with Gasteiger partial charge in [-0.05, 0) is 51.1 Å². The molecule has 3 aromatic rings. The number of hydrogen-bond donors (Lipinski definition) is 2. The number of nitrogens with one attached hydrogen (secondary N) is 2. The quantitative estimate of drug-likeness (QED) is 0.471. The highest BCUT2D eigenvalue weighted by Crippen LogP contribution is 2.36. The second-order valence-corrected chi connectivity index (χ2v) is 10.7. The molecule has 0 aliphatic carbocycles. The van der Waals surface area contributed by atoms with E-state index in [0.717, 1.165) is 34.0 Å². The van der Waals surface area contributed by atoms with Crippen LogP contribution in [0.3, 0.4) is 0 Å². The maximum absolute atomic E-state index is 12.3. The Morgan fingerprint density at radius 3 is 2.64 bits per heavy atom. The van der Waals surface area contributed by atoms with Gasteiger partial charge in [0.2, 0.25) is 0 Å². The van der Waals surface area contributed by atoms with Crippen LogP contribution in [0.2, 0.25) is 0 Å². The minimum absolute atomic E-state index is 0.0529. The third-order valence-corrected chi connectivity index (χ3v) is 6.26. The Morgan fingerprint density at radius 2 is 1.87 bits per heavy atom. The highest BCUT2D eigenvalue weighted by molar-refractivity contribution is 6.45. The Labute approximate surface area is 228 Å². The molecule has 202 valence electrons. The second kappa shape index (κ2) is 10.3. The lowest BCUT2D eigenvalue weighted by Crippen LogP contribution is -2.37. The summed E-state index contributed by atoms with van der Waals surface area (Å²) in [5.74, 6) is 1.48. The Bertz CT molecular complexity index is 1480. The minimum Gasteiger partial charge on any atom is -0.444 e. The average Bonchev–Trinajstić information content (AvgIpc) is 3.47. The molecule has 10 nitrogen and oxygen atoms in total. The van der Waals surface area contributed by atoms with E-state index in [4.69, 9.17) is 14.8 Å². The van der Waals surface area contributed by atoms with Crippen LogP contribution in [0.1, 0.15) is 32.4 Å². The summed E-state index contributed by atoms with van der Waals surface area (Å²) in [6, 6.07) is 15.7. The molecule has 39 heavy (non-hydrogen) atoms. The van der Waals surface area contributed by atoms with Crippen molar-refractivity contribution >= 4 is 34.8 Å². The summed E-state index contributed by atoms with van der Waals surface area (Å²) in [6.07, 6.45) is 5.27. The molecule has 1 atom stereocenters. The van der Waals surface area contributed by atoms with Crippen molar-refractivity contribution < 1.29 is 9.53 Å². The number of amides is 1. The molecule has 1 amide bonds. The first-order valence-electron chi connectivity index (χ1n) is 12.8. The van der Waals surface area contributed by atoms with E-state index in [-0.39, 0.29) is 6.04 Å². The molecule has 5 rings (SSSR count). The number of nitrogens with zero attached hydrogens (tertiary/aromatic N) is 6. The molecule has 2 aliphatic rings. The molecule has 1 aromatic heterocycles. The number of carbonyl (C=O) groups is 1. The fourth-order valence-electron chi connectivity index (χ4n) is 4.57. The third-order valence-electron chi connectivity index (χ3n) is 6.26. The number of hydrogen-bond acceptors (Lipinski definition) is 8. The van der Waals surface area contributed by atoms with Crippen LogP contribution in [-0.4, -0.2) is 58.7 Å². The van der Waals surface area contributed by atoms with Gasteiger partial charge in [0.05, 0.1) is 18.3 Å². The van der Waals surface area contributed by atoms with Gasteiger partial charge in [-0.25, -0.2) is 9.79 Å². The number of aliphatic imine (C=N–C) groups is 2. The maximum atomic E-state index is 12.3. The van der Waals surface area contributed by atoms with Gasteiger partial charge in [0.25, 0.3) is 0 Å². The largest absolute Gasteiger partial charge is 0.444 e. The van der Waals surface area contributed by atoms with Gasteiger partial charge >= 0.3 is 6.09 Å². The van der Waals surface area contributed by atoms with Crippen LogP contribution >= 0.6 is 0 Å². The lowest BCUT2D eigenvalue weighted by atomic mass is 10.0. The zero-order valence-electron chi connectivity index (χ0n) is 23.1. The van der Waals surface area contributed by atoms with Gasteiger partial charge in [0, 0.05) is 67.9 Å². The first kappa shape index (κ1) is 26.0. The van der Waals surface area contributed by atoms with Gasteiger partial charge in [0.1, 0.15) is 5.60 Å². The summed E-state index contributed by atoms with van der Waals surface area (Å²) in [5, 5.41) is 11.0. The Morgan fingerprint density at radius 1 is 1.10 bits per heavy atom. The van der Waals surface area contributed by atoms with Crippen molar-refractivity contribution in [1.82, 2.24) is 14.7 Å². The smallest absolute Gasteiger partial charge is 0.412 e. The van der Waals surface area contributed by atoms with E-state index in [0.29, 0.717) is 18.1 Å². The highest BCUT2D eigenvalue weighted by atomic mass is 16.6. The summed E-state index contributed by atoms with van der Waals surface area (Å²) >= 11 is 0. The first-order valence-corrected chi connectivity index (χ1v) is 12.8. The van der Waals surface area contributed by atoms with E-state index in [1.165, 1.54) is 0 Å². The molecule has 10 heteroatoms. The van der Waals surface area contributed by atoms with Crippen LogP contribution < -0.4 is 15.5 Å². The van der Waals surface area contributed by atoms with E-state index < -0.39 is 11.7 Å². The van der Waals surface area contributed by atoms with Crippen molar-refractivity contribution in [1.29, 1.82) is 0 Å². The summed E-state index contributed by atoms with van der Waals surface area (Å²) in [6.45, 7) is 6.07. The predicted octanol–water partition coefficient (Wildman–Crippen LogP) is 5.25. The monoisotopic (exact) mass is 526 g/mol. The van der Waals surface area contributed by atoms with Gasteiger partial charge in [0.15, 0.2) is 11.7 Å². The van der Waals surface area contributed by atoms with Crippen LogP contribution in [0.4, 0.5) is 21.9 Å². The number of aromatic nitrogens is 2. The topological polar surface area (TPSA) is 99.4 Å². The van der Waals surface area contributed by atoms with Crippen molar-refractivity contribution in [2.24, 2.45) is 17.0 Å². The highest BCUT2D eigenvalue weighted by Gasteiger charge is 2.35. The van der Waals surface area contributed by atoms with Gasteiger partial charge in [-0.3, -0.25) is 15.0 Å². The van der Waals surface area contributed by atoms with Crippen LogP contribution in [0.25, 0.3) is 11.3 Å². The molecule has 2 aliphatic heterocycles. The van der Waals surface area contributed by atoms with Crippen molar-refractivity contribution in [2.75, 3.05) is 36.2 Å². The van der Waals surface area contributed by atoms with Crippen LogP contribution in [0, 0.1) is 0 Å². The fraction of sp³-hybridized carbons (Fsp3) is 0.310. The lowest BCUT2D eigenvalue weighted by Gasteiger charge is -2.27. The molecule has 0 spiro atoms. The molecule has 3 heterocycles. The first-order chi connectivity index (χ1) is 18.6. The minimum atomic E-state index is -0.579. The van der Waals surface area contributed by atoms with Crippen LogP contribution in [0.5, 0.6) is 0 Å². The van der Waals surface area contributed by atoms with Crippen molar-refractivity contribution in [3.63, 3.8) is 0 Å². The second-order valence-electron chi connectivity index (χ2n) is 10.7. The SMILES string of the molecule is CN(C)c1cccc(NC2=NC=CN3C2=NCC3c2cn(C)nc2-c2cccc(NC(=O)OC(C)(C)C)c2)c1. The average molecular weight is 527 g/mol. The molecule has 0 fully saturated rings. The normalized spacial score (nSPS) is 16.4. The predicted molar refractivity (Wildman–Crippen MR) is 156 cm³/mol. The summed E-state index contributed by atoms with van der Waals surface area (Å²) < 4.78 is 7.22. The number of amidine groups is 2.